The van der Waals surface area contributed by atoms with Crippen LogP contribution in [0.15, 0.2) is 47.6 Å². The smallest absolute Gasteiger partial charge is 0.253 e. The summed E-state index contributed by atoms with van der Waals surface area (Å²) in [6.45, 7) is 1.79. The van der Waals surface area contributed by atoms with Crippen LogP contribution in [0.4, 0.5) is 26.3 Å². The van der Waals surface area contributed by atoms with Crippen LogP contribution in [0.3, 0.4) is 0 Å². The van der Waals surface area contributed by atoms with Crippen molar-refractivity contribution in [2.45, 2.75) is 24.2 Å². The van der Waals surface area contributed by atoms with E-state index in [0.29, 0.717) is 17.6 Å². The first-order valence-corrected chi connectivity index (χ1v) is 8.88. The number of pyridine rings is 1. The molecule has 0 fully saturated rings. The van der Waals surface area contributed by atoms with E-state index in [-0.39, 0.29) is 16.3 Å². The molecule has 0 amide bonds. The van der Waals surface area contributed by atoms with Gasteiger partial charge in [0.25, 0.3) is 0 Å². The van der Waals surface area contributed by atoms with Gasteiger partial charge in [0, 0.05) is 11.1 Å². The zero-order valence-electron chi connectivity index (χ0n) is 14.2. The van der Waals surface area contributed by atoms with Gasteiger partial charge in [0.2, 0.25) is 0 Å². The van der Waals surface area contributed by atoms with Crippen molar-refractivity contribution >= 4 is 11.8 Å². The average molecular weight is 418 g/mol. The van der Waals surface area contributed by atoms with E-state index in [1.807, 2.05) is 0 Å². The third-order valence-electron chi connectivity index (χ3n) is 3.68. The number of hydrogen-bond donors (Lipinski definition) is 0. The zero-order chi connectivity index (χ0) is 20.5. The third kappa shape index (κ3) is 4.29. The summed E-state index contributed by atoms with van der Waals surface area (Å²) in [5.41, 5.74) is -0.920. The topological polar surface area (TPSA) is 43.6 Å². The first kappa shape index (κ1) is 20.2. The lowest BCUT2D eigenvalue weighted by Gasteiger charge is -2.10. The van der Waals surface area contributed by atoms with Crippen LogP contribution in [-0.4, -0.2) is 25.7 Å². The second-order valence-electron chi connectivity index (χ2n) is 5.59. The van der Waals surface area contributed by atoms with Crippen molar-refractivity contribution in [3.8, 4) is 17.1 Å². The van der Waals surface area contributed by atoms with E-state index < -0.39 is 23.5 Å². The fraction of sp³-hybridized carbons (Fsp3) is 0.235. The Labute approximate surface area is 159 Å². The molecule has 1 aromatic carbocycles. The molecule has 0 N–H and O–H groups in total. The van der Waals surface area contributed by atoms with Crippen LogP contribution < -0.4 is 0 Å². The van der Waals surface area contributed by atoms with E-state index in [4.69, 9.17) is 0 Å². The van der Waals surface area contributed by atoms with Gasteiger partial charge in [-0.15, -0.1) is 16.9 Å². The number of hydrogen-bond acceptors (Lipinski definition) is 4. The summed E-state index contributed by atoms with van der Waals surface area (Å²) in [5, 5.41) is 7.74. The van der Waals surface area contributed by atoms with E-state index in [2.05, 4.69) is 15.3 Å². The highest BCUT2D eigenvalue weighted by molar-refractivity contribution is 7.99. The van der Waals surface area contributed by atoms with Crippen LogP contribution >= 0.6 is 11.8 Å². The van der Waals surface area contributed by atoms with Crippen molar-refractivity contribution in [2.75, 3.05) is 5.75 Å². The monoisotopic (exact) mass is 418 g/mol. The van der Waals surface area contributed by atoms with Crippen molar-refractivity contribution in [3.05, 3.63) is 53.9 Å². The predicted octanol–water partition coefficient (Wildman–Crippen LogP) is 5.48. The van der Waals surface area contributed by atoms with Gasteiger partial charge in [0.1, 0.15) is 11.4 Å². The highest BCUT2D eigenvalue weighted by Gasteiger charge is 2.32. The van der Waals surface area contributed by atoms with Crippen molar-refractivity contribution in [1.29, 1.82) is 0 Å². The molecule has 0 aliphatic heterocycles. The maximum absolute atomic E-state index is 12.9. The molecule has 0 radical (unpaired) electrons. The summed E-state index contributed by atoms with van der Waals surface area (Å²) in [6, 6.07) is 5.26. The number of rotatable bonds is 4. The molecule has 28 heavy (non-hydrogen) atoms. The number of benzene rings is 1. The second kappa shape index (κ2) is 7.46. The van der Waals surface area contributed by atoms with Gasteiger partial charge in [-0.25, -0.2) is 4.68 Å². The lowest BCUT2D eigenvalue weighted by atomic mass is 10.2. The lowest BCUT2D eigenvalue weighted by Crippen LogP contribution is -2.06. The summed E-state index contributed by atoms with van der Waals surface area (Å²) < 4.78 is 78.0. The van der Waals surface area contributed by atoms with E-state index in [1.54, 1.807) is 6.92 Å². The molecule has 4 nitrogen and oxygen atoms in total. The van der Waals surface area contributed by atoms with Crippen molar-refractivity contribution < 1.29 is 26.3 Å². The van der Waals surface area contributed by atoms with Crippen molar-refractivity contribution in [2.24, 2.45) is 0 Å². The van der Waals surface area contributed by atoms with Crippen LogP contribution in [0.2, 0.25) is 0 Å². The highest BCUT2D eigenvalue weighted by atomic mass is 32.2. The van der Waals surface area contributed by atoms with E-state index >= 15 is 0 Å². The molecule has 2 aromatic heterocycles. The Morgan fingerprint density at radius 1 is 0.964 bits per heavy atom. The number of thioether (sulfide) groups is 1. The molecule has 11 heteroatoms. The molecule has 148 valence electrons. The predicted molar refractivity (Wildman–Crippen MR) is 91.0 cm³/mol. The van der Waals surface area contributed by atoms with Gasteiger partial charge in [-0.3, -0.25) is 4.98 Å². The molecule has 0 spiro atoms. The molecule has 0 aliphatic carbocycles. The Balaban J connectivity index is 1.95. The highest BCUT2D eigenvalue weighted by Crippen LogP contribution is 2.35. The molecule has 0 atom stereocenters. The summed E-state index contributed by atoms with van der Waals surface area (Å²) in [6.07, 6.45) is -6.86. The van der Waals surface area contributed by atoms with Crippen LogP contribution in [0, 0.1) is 0 Å². The SMILES string of the molecule is CCSc1cc(C(F)(F)F)cnc1-c1cn(-c2ccc(C(F)(F)F)cc2)nn1. The molecular weight excluding hydrogens is 406 g/mol. The Bertz CT molecular complexity index is 963. The molecule has 0 saturated heterocycles. The fourth-order valence-corrected chi connectivity index (χ4v) is 3.17. The normalized spacial score (nSPS) is 12.4. The molecule has 0 unspecified atom stereocenters. The van der Waals surface area contributed by atoms with Gasteiger partial charge in [-0.05, 0) is 36.1 Å². The summed E-state index contributed by atoms with van der Waals surface area (Å²) in [5.74, 6) is 0.517. The standard InChI is InChI=1S/C17H12F6N4S/c1-2-28-14-7-11(17(21,22)23)8-24-15(14)13-9-27(26-25-13)12-5-3-10(4-6-12)16(18,19)20/h3-9H,2H2,1H3. The van der Waals surface area contributed by atoms with Crippen LogP contribution in [-0.2, 0) is 12.4 Å². The maximum atomic E-state index is 12.9. The number of alkyl halides is 6. The summed E-state index contributed by atoms with van der Waals surface area (Å²) in [7, 11) is 0. The van der Waals surface area contributed by atoms with E-state index in [0.717, 1.165) is 18.2 Å². The number of halogens is 6. The maximum Gasteiger partial charge on any atom is 0.417 e. The Morgan fingerprint density at radius 2 is 1.61 bits per heavy atom. The minimum atomic E-state index is -4.52. The average Bonchev–Trinajstić information content (AvgIpc) is 3.10. The minimum Gasteiger partial charge on any atom is -0.253 e. The van der Waals surface area contributed by atoms with Gasteiger partial charge >= 0.3 is 12.4 Å². The quantitative estimate of drug-likeness (QED) is 0.416. The molecule has 0 aliphatic rings. The number of nitrogens with zero attached hydrogens (tertiary/aromatic N) is 4. The largest absolute Gasteiger partial charge is 0.417 e. The zero-order valence-corrected chi connectivity index (χ0v) is 15.0. The van der Waals surface area contributed by atoms with Gasteiger partial charge in [-0.2, -0.15) is 26.3 Å². The van der Waals surface area contributed by atoms with Gasteiger partial charge in [0.15, 0.2) is 0 Å². The first-order chi connectivity index (χ1) is 13.1. The molecule has 3 aromatic rings. The van der Waals surface area contributed by atoms with Crippen molar-refractivity contribution in [3.63, 3.8) is 0 Å². The van der Waals surface area contributed by atoms with Crippen LogP contribution in [0.5, 0.6) is 0 Å². The lowest BCUT2D eigenvalue weighted by molar-refractivity contribution is -0.138. The summed E-state index contributed by atoms with van der Waals surface area (Å²) >= 11 is 1.17. The summed E-state index contributed by atoms with van der Waals surface area (Å²) in [4.78, 5) is 4.17. The Morgan fingerprint density at radius 3 is 2.18 bits per heavy atom. The van der Waals surface area contributed by atoms with Crippen molar-refractivity contribution in [1.82, 2.24) is 20.0 Å². The van der Waals surface area contributed by atoms with Crippen LogP contribution in [0.1, 0.15) is 18.1 Å². The molecule has 0 bridgehead atoms. The fourth-order valence-electron chi connectivity index (χ4n) is 2.36. The third-order valence-corrected chi connectivity index (χ3v) is 4.59. The molecular formula is C17H12F6N4S. The Hall–Kier alpha value is -2.56. The minimum absolute atomic E-state index is 0.213. The first-order valence-electron chi connectivity index (χ1n) is 7.90. The second-order valence-corrected chi connectivity index (χ2v) is 6.90. The molecule has 2 heterocycles. The van der Waals surface area contributed by atoms with E-state index in [9.17, 15) is 26.3 Å². The van der Waals surface area contributed by atoms with E-state index in [1.165, 1.54) is 34.8 Å². The molecule has 3 rings (SSSR count). The molecule has 0 saturated carbocycles. The van der Waals surface area contributed by atoms with Crippen LogP contribution in [0.25, 0.3) is 17.1 Å². The number of aromatic nitrogens is 4. The van der Waals surface area contributed by atoms with Gasteiger partial charge in [-0.1, -0.05) is 12.1 Å². The van der Waals surface area contributed by atoms with Gasteiger partial charge < -0.3 is 0 Å². The Kier molecular flexibility index (Phi) is 5.37. The van der Waals surface area contributed by atoms with Gasteiger partial charge in [0.05, 0.1) is 23.0 Å².